The molecule has 204 valence electrons. The van der Waals surface area contributed by atoms with Gasteiger partial charge in [0, 0.05) is 0 Å². The van der Waals surface area contributed by atoms with Gasteiger partial charge in [-0.2, -0.15) is 0 Å². The molecule has 0 fully saturated rings. The highest BCUT2D eigenvalue weighted by molar-refractivity contribution is 7.09. The van der Waals surface area contributed by atoms with Gasteiger partial charge in [-0.25, -0.2) is 0 Å². The normalized spacial score (nSPS) is 12.1. The lowest BCUT2D eigenvalue weighted by Crippen LogP contribution is -2.73. The number of rotatable bonds is 12. The quantitative estimate of drug-likeness (QED) is 0.255. The lowest BCUT2D eigenvalue weighted by atomic mass is 10.2. The molecule has 0 heterocycles. The average Bonchev–Trinajstić information content (AvgIpc) is 2.95. The first-order chi connectivity index (χ1) is 18.8. The topological polar surface area (TPSA) is 61.3 Å². The lowest BCUT2D eigenvalue weighted by Gasteiger charge is -2.44. The first-order valence-electron chi connectivity index (χ1n) is 14.2. The summed E-state index contributed by atoms with van der Waals surface area (Å²) >= 11 is 0. The monoisotopic (exact) mass is 552 g/mol. The van der Waals surface area contributed by atoms with Crippen LogP contribution in [0, 0.1) is 27.7 Å². The van der Waals surface area contributed by atoms with Gasteiger partial charge in [-0.3, -0.25) is 0 Å². The highest BCUT2D eigenvalue weighted by Crippen LogP contribution is 2.26. The van der Waals surface area contributed by atoms with Gasteiger partial charge < -0.3 is 15.6 Å². The Hall–Kier alpha value is -2.81. The smallest absolute Gasteiger partial charge is 0.245 e. The summed E-state index contributed by atoms with van der Waals surface area (Å²) in [6, 6.07) is 38.2. The van der Waals surface area contributed by atoms with Crippen molar-refractivity contribution in [1.82, 2.24) is 0 Å². The number of hydrogen-bond acceptors (Lipinski definition) is 3. The molecule has 0 radical (unpaired) electrons. The van der Waals surface area contributed by atoms with Gasteiger partial charge in [-0.05, 0) is 86.5 Å². The average molecular weight is 553 g/mol. The van der Waals surface area contributed by atoms with E-state index >= 15 is 0 Å². The van der Waals surface area contributed by atoms with Gasteiger partial charge >= 0.3 is 0 Å². The number of nitrogens with two attached hydrogens (primary N) is 2. The van der Waals surface area contributed by atoms with E-state index in [1.54, 1.807) is 0 Å². The van der Waals surface area contributed by atoms with Crippen molar-refractivity contribution in [3.63, 3.8) is 0 Å². The summed E-state index contributed by atoms with van der Waals surface area (Å²) in [4.78, 5) is 0. The van der Waals surface area contributed by atoms with E-state index in [-0.39, 0.29) is 0 Å². The molecule has 0 aliphatic carbocycles. The summed E-state index contributed by atoms with van der Waals surface area (Å²) < 4.78 is 8.10. The molecule has 39 heavy (non-hydrogen) atoms. The van der Waals surface area contributed by atoms with E-state index in [0.29, 0.717) is 13.1 Å². The fraction of sp³-hybridized carbons (Fsp3) is 0.294. The second kappa shape index (κ2) is 13.0. The van der Waals surface area contributed by atoms with Gasteiger partial charge in [-0.1, -0.05) is 119 Å². The molecule has 4 aromatic rings. The van der Waals surface area contributed by atoms with Gasteiger partial charge in [0.2, 0.25) is 16.6 Å². The zero-order chi connectivity index (χ0) is 27.9. The minimum absolute atomic E-state index is 0.641. The van der Waals surface area contributed by atoms with E-state index in [1.807, 2.05) is 0 Å². The van der Waals surface area contributed by atoms with Crippen LogP contribution in [0.2, 0.25) is 12.1 Å². The maximum atomic E-state index is 8.10. The zero-order valence-corrected chi connectivity index (χ0v) is 26.0. The van der Waals surface area contributed by atoms with E-state index in [1.165, 1.54) is 43.0 Å². The summed E-state index contributed by atoms with van der Waals surface area (Å²) in [5, 5.41) is 5.26. The van der Waals surface area contributed by atoms with Crippen LogP contribution < -0.4 is 32.2 Å². The molecule has 0 aliphatic heterocycles. The zero-order valence-electron chi connectivity index (χ0n) is 24.0. The molecule has 0 saturated heterocycles. The van der Waals surface area contributed by atoms with E-state index in [9.17, 15) is 0 Å². The van der Waals surface area contributed by atoms with Crippen LogP contribution in [-0.2, 0) is 4.12 Å². The predicted octanol–water partition coefficient (Wildman–Crippen LogP) is 4.45. The number of hydrogen-bond donors (Lipinski definition) is 2. The van der Waals surface area contributed by atoms with Crippen LogP contribution in [0.5, 0.6) is 0 Å². The van der Waals surface area contributed by atoms with Gasteiger partial charge in [0.05, 0.1) is 0 Å². The molecular formula is C34H44N2OSi2. The van der Waals surface area contributed by atoms with Gasteiger partial charge in [0.15, 0.2) is 0 Å². The SMILES string of the molecule is Cc1ccc([Si](CCCN)(O[Si](CCCN)(c2ccc(C)cc2)c2ccc(C)cc2)c2ccc(C)cc2)cc1. The van der Waals surface area contributed by atoms with Crippen molar-refractivity contribution < 1.29 is 4.12 Å². The fourth-order valence-electron chi connectivity index (χ4n) is 5.54. The third-order valence-electron chi connectivity index (χ3n) is 7.89. The molecule has 0 saturated carbocycles. The molecule has 4 N–H and O–H groups in total. The largest absolute Gasteiger partial charge is 0.442 e. The third kappa shape index (κ3) is 6.51. The van der Waals surface area contributed by atoms with Crippen LogP contribution in [0.3, 0.4) is 0 Å². The maximum Gasteiger partial charge on any atom is 0.245 e. The summed E-state index contributed by atoms with van der Waals surface area (Å²) in [6.45, 7) is 9.89. The van der Waals surface area contributed by atoms with Crippen LogP contribution in [0.15, 0.2) is 97.1 Å². The first kappa shape index (κ1) is 29.2. The number of aryl methyl sites for hydroxylation is 4. The van der Waals surface area contributed by atoms with Crippen molar-refractivity contribution in [2.24, 2.45) is 11.5 Å². The molecule has 0 spiro atoms. The van der Waals surface area contributed by atoms with Crippen molar-refractivity contribution in [2.75, 3.05) is 13.1 Å². The molecule has 3 nitrogen and oxygen atoms in total. The Morgan fingerprint density at radius 2 is 0.667 bits per heavy atom. The summed E-state index contributed by atoms with van der Waals surface area (Å²) in [5.41, 5.74) is 17.4. The van der Waals surface area contributed by atoms with Crippen LogP contribution in [0.4, 0.5) is 0 Å². The second-order valence-electron chi connectivity index (χ2n) is 11.0. The van der Waals surface area contributed by atoms with Gasteiger partial charge in [0.1, 0.15) is 0 Å². The van der Waals surface area contributed by atoms with Crippen LogP contribution in [-0.4, -0.2) is 29.7 Å². The van der Waals surface area contributed by atoms with E-state index < -0.39 is 16.6 Å². The second-order valence-corrected chi connectivity index (χ2v) is 18.4. The van der Waals surface area contributed by atoms with Crippen molar-refractivity contribution >= 4 is 37.4 Å². The Balaban J connectivity index is 2.05. The van der Waals surface area contributed by atoms with Crippen molar-refractivity contribution in [2.45, 2.75) is 52.6 Å². The highest BCUT2D eigenvalue weighted by Gasteiger charge is 2.49. The minimum Gasteiger partial charge on any atom is -0.442 e. The van der Waals surface area contributed by atoms with Crippen molar-refractivity contribution in [3.8, 4) is 0 Å². The van der Waals surface area contributed by atoms with Crippen LogP contribution in [0.1, 0.15) is 35.1 Å². The molecule has 0 unspecified atom stereocenters. The van der Waals surface area contributed by atoms with Crippen molar-refractivity contribution in [1.29, 1.82) is 0 Å². The molecule has 4 rings (SSSR count). The van der Waals surface area contributed by atoms with Gasteiger partial charge in [0.25, 0.3) is 0 Å². The third-order valence-corrected chi connectivity index (χ3v) is 17.9. The molecule has 0 atom stereocenters. The van der Waals surface area contributed by atoms with E-state index in [0.717, 1.165) is 24.9 Å². The molecule has 0 bridgehead atoms. The van der Waals surface area contributed by atoms with E-state index in [2.05, 4.69) is 125 Å². The first-order valence-corrected chi connectivity index (χ1v) is 18.4. The summed E-state index contributed by atoms with van der Waals surface area (Å²) in [5.74, 6) is 0. The summed E-state index contributed by atoms with van der Waals surface area (Å²) in [6.07, 6.45) is 1.83. The molecule has 0 aliphatic rings. The van der Waals surface area contributed by atoms with Crippen molar-refractivity contribution in [3.05, 3.63) is 119 Å². The molecule has 0 aromatic heterocycles. The van der Waals surface area contributed by atoms with Gasteiger partial charge in [-0.15, -0.1) is 0 Å². The Kier molecular flexibility index (Phi) is 9.75. The molecular weight excluding hydrogens is 509 g/mol. The molecule has 5 heteroatoms. The molecule has 4 aromatic carbocycles. The lowest BCUT2D eigenvalue weighted by molar-refractivity contribution is 0.559. The Morgan fingerprint density at radius 1 is 0.436 bits per heavy atom. The number of benzene rings is 4. The molecule has 0 amide bonds. The summed E-state index contributed by atoms with van der Waals surface area (Å²) in [7, 11) is -5.50. The highest BCUT2D eigenvalue weighted by atomic mass is 28.4. The minimum atomic E-state index is -2.75. The predicted molar refractivity (Wildman–Crippen MR) is 173 cm³/mol. The Labute approximate surface area is 237 Å². The Bertz CT molecular complexity index is 1120. The van der Waals surface area contributed by atoms with E-state index in [4.69, 9.17) is 15.6 Å². The van der Waals surface area contributed by atoms with Crippen LogP contribution >= 0.6 is 0 Å². The standard InChI is InChI=1S/C34H44N2OSi2/c1-27-7-15-31(16-8-27)38(25-5-23-35,32-17-9-28(2)10-18-32)37-39(26-6-24-36,33-19-11-29(3)12-20-33)34-21-13-30(4)14-22-34/h7-22H,5-6,23-26,35-36H2,1-4H3. The van der Waals surface area contributed by atoms with Crippen LogP contribution in [0.25, 0.3) is 0 Å². The Morgan fingerprint density at radius 3 is 0.872 bits per heavy atom. The fourth-order valence-corrected chi connectivity index (χ4v) is 16.7. The maximum absolute atomic E-state index is 8.10.